The number of amides is 1. The summed E-state index contributed by atoms with van der Waals surface area (Å²) in [5.74, 6) is 2.21. The number of rotatable bonds is 6. The van der Waals surface area contributed by atoms with E-state index in [-0.39, 0.29) is 5.41 Å². The molecule has 0 aliphatic heterocycles. The van der Waals surface area contributed by atoms with Crippen molar-refractivity contribution in [2.75, 3.05) is 4.90 Å². The largest absolute Gasteiger partial charge is 0.487 e. The highest BCUT2D eigenvalue weighted by Crippen LogP contribution is 2.60. The highest BCUT2D eigenvalue weighted by Gasteiger charge is 2.52. The minimum Gasteiger partial charge on any atom is -0.487 e. The molecule has 0 spiro atoms. The number of fused-ring (bicyclic) bond motifs is 2. The minimum absolute atomic E-state index is 0.0310. The van der Waals surface area contributed by atoms with Crippen molar-refractivity contribution in [1.29, 1.82) is 0 Å². The summed E-state index contributed by atoms with van der Waals surface area (Å²) in [6.45, 7) is 6.21. The summed E-state index contributed by atoms with van der Waals surface area (Å²) in [5.41, 5.74) is 3.69. The summed E-state index contributed by atoms with van der Waals surface area (Å²) >= 11 is 0. The van der Waals surface area contributed by atoms with Crippen LogP contribution in [-0.4, -0.2) is 21.7 Å². The van der Waals surface area contributed by atoms with Crippen LogP contribution in [0.5, 0.6) is 5.75 Å². The van der Waals surface area contributed by atoms with E-state index in [4.69, 9.17) is 4.74 Å². The van der Waals surface area contributed by atoms with Crippen LogP contribution in [-0.2, 0) is 12.0 Å². The summed E-state index contributed by atoms with van der Waals surface area (Å²) in [6, 6.07) is 22.7. The molecule has 2 saturated carbocycles. The number of benzene rings is 2. The van der Waals surface area contributed by atoms with Crippen LogP contribution in [0.2, 0.25) is 0 Å². The van der Waals surface area contributed by atoms with Gasteiger partial charge in [-0.3, -0.25) is 9.88 Å². The van der Waals surface area contributed by atoms with Crippen LogP contribution in [0.1, 0.15) is 63.3 Å². The zero-order chi connectivity index (χ0) is 24.6. The van der Waals surface area contributed by atoms with Gasteiger partial charge in [0.1, 0.15) is 12.4 Å². The average Bonchev–Trinajstić information content (AvgIpc) is 3.46. The molecule has 3 atom stereocenters. The molecule has 5 heteroatoms. The van der Waals surface area contributed by atoms with E-state index < -0.39 is 11.6 Å². The van der Waals surface area contributed by atoms with E-state index in [2.05, 4.69) is 41.4 Å². The molecule has 3 unspecified atom stereocenters. The van der Waals surface area contributed by atoms with Crippen LogP contribution < -0.4 is 9.64 Å². The van der Waals surface area contributed by atoms with Gasteiger partial charge < -0.3 is 9.84 Å². The number of hydrogen-bond donors (Lipinski definition) is 1. The van der Waals surface area contributed by atoms with E-state index in [1.54, 1.807) is 6.20 Å². The van der Waals surface area contributed by atoms with Crippen LogP contribution in [0.3, 0.4) is 0 Å². The van der Waals surface area contributed by atoms with Gasteiger partial charge in [-0.15, -0.1) is 0 Å². The Morgan fingerprint density at radius 1 is 1.03 bits per heavy atom. The fourth-order valence-electron chi connectivity index (χ4n) is 6.39. The molecule has 3 aromatic rings. The van der Waals surface area contributed by atoms with Gasteiger partial charge in [0.25, 0.3) is 0 Å². The van der Waals surface area contributed by atoms with Crippen molar-refractivity contribution in [3.05, 3.63) is 89.7 Å². The molecule has 1 amide bonds. The quantitative estimate of drug-likeness (QED) is 0.419. The molecule has 1 aromatic heterocycles. The highest BCUT2D eigenvalue weighted by molar-refractivity contribution is 5.87. The van der Waals surface area contributed by atoms with E-state index in [1.165, 1.54) is 35.3 Å². The second kappa shape index (κ2) is 9.03. The Bertz CT molecular complexity index is 1170. The smallest absolute Gasteiger partial charge is 0.412 e. The van der Waals surface area contributed by atoms with Crippen LogP contribution in [0, 0.1) is 11.8 Å². The van der Waals surface area contributed by atoms with Gasteiger partial charge in [-0.2, -0.15) is 0 Å². The van der Waals surface area contributed by atoms with Gasteiger partial charge in [0.15, 0.2) is 0 Å². The first-order valence-electron chi connectivity index (χ1n) is 12.5. The second-order valence-corrected chi connectivity index (χ2v) is 11.0. The lowest BCUT2D eigenvalue weighted by molar-refractivity contribution is 0.195. The van der Waals surface area contributed by atoms with Gasteiger partial charge in [0.05, 0.1) is 5.69 Å². The Kier molecular flexibility index (Phi) is 6.04. The first-order chi connectivity index (χ1) is 16.8. The van der Waals surface area contributed by atoms with Crippen molar-refractivity contribution in [2.45, 2.75) is 64.0 Å². The van der Waals surface area contributed by atoms with Crippen molar-refractivity contribution in [3.8, 4) is 5.75 Å². The number of nitrogens with zero attached hydrogens (tertiary/aromatic N) is 2. The molecule has 0 radical (unpaired) electrons. The van der Waals surface area contributed by atoms with E-state index >= 15 is 0 Å². The van der Waals surface area contributed by atoms with Crippen LogP contribution in [0.25, 0.3) is 0 Å². The molecule has 182 valence electrons. The second-order valence-electron chi connectivity index (χ2n) is 11.0. The fraction of sp³-hybridized carbons (Fsp3) is 0.400. The third kappa shape index (κ3) is 4.40. The molecular formula is C30H34N2O3. The Balaban J connectivity index is 1.43. The van der Waals surface area contributed by atoms with E-state index in [1.807, 2.05) is 51.1 Å². The SMILES string of the molecule is CC(C)(C)N(C(=O)O)c1ccc(C2(c3ccc(OCc4ccccn4)cc3)CC3CCC2C3)cc1. The van der Waals surface area contributed by atoms with Gasteiger partial charge >= 0.3 is 6.09 Å². The van der Waals surface area contributed by atoms with Gasteiger partial charge in [-0.25, -0.2) is 4.79 Å². The molecule has 5 rings (SSSR count). The van der Waals surface area contributed by atoms with E-state index in [0.717, 1.165) is 23.8 Å². The number of ether oxygens (including phenoxy) is 1. The first-order valence-corrected chi connectivity index (χ1v) is 12.5. The fourth-order valence-corrected chi connectivity index (χ4v) is 6.39. The molecular weight excluding hydrogens is 436 g/mol. The van der Waals surface area contributed by atoms with Gasteiger partial charge in [0.2, 0.25) is 0 Å². The molecule has 35 heavy (non-hydrogen) atoms. The maximum absolute atomic E-state index is 12.0. The van der Waals surface area contributed by atoms with Crippen LogP contribution >= 0.6 is 0 Å². The number of anilines is 1. The third-order valence-corrected chi connectivity index (χ3v) is 7.83. The van der Waals surface area contributed by atoms with Crippen molar-refractivity contribution in [3.63, 3.8) is 0 Å². The normalized spacial score (nSPS) is 23.3. The Morgan fingerprint density at radius 3 is 2.23 bits per heavy atom. The zero-order valence-electron chi connectivity index (χ0n) is 20.8. The predicted octanol–water partition coefficient (Wildman–Crippen LogP) is 7.05. The Hall–Kier alpha value is -3.34. The molecule has 2 fully saturated rings. The molecule has 5 nitrogen and oxygen atoms in total. The molecule has 2 aliphatic rings. The molecule has 2 bridgehead atoms. The molecule has 2 aromatic carbocycles. The molecule has 2 aliphatic carbocycles. The van der Waals surface area contributed by atoms with Crippen LogP contribution in [0.4, 0.5) is 10.5 Å². The maximum atomic E-state index is 12.0. The number of pyridine rings is 1. The summed E-state index contributed by atoms with van der Waals surface area (Å²) in [7, 11) is 0. The maximum Gasteiger partial charge on any atom is 0.412 e. The number of aromatic nitrogens is 1. The number of carbonyl (C=O) groups is 1. The molecule has 0 saturated heterocycles. The van der Waals surface area contributed by atoms with Crippen molar-refractivity contribution < 1.29 is 14.6 Å². The number of carboxylic acid groups (broad SMARTS) is 1. The Labute approximate surface area is 207 Å². The number of hydrogen-bond acceptors (Lipinski definition) is 3. The van der Waals surface area contributed by atoms with Gasteiger partial charge in [-0.1, -0.05) is 36.8 Å². The topological polar surface area (TPSA) is 62.7 Å². The van der Waals surface area contributed by atoms with E-state index in [9.17, 15) is 9.90 Å². The van der Waals surface area contributed by atoms with Crippen molar-refractivity contribution in [1.82, 2.24) is 4.98 Å². The lowest BCUT2D eigenvalue weighted by atomic mass is 9.64. The summed E-state index contributed by atoms with van der Waals surface area (Å²) in [6.07, 6.45) is 5.82. The lowest BCUT2D eigenvalue weighted by Gasteiger charge is -2.40. The summed E-state index contributed by atoms with van der Waals surface area (Å²) < 4.78 is 5.98. The van der Waals surface area contributed by atoms with E-state index in [0.29, 0.717) is 18.2 Å². The third-order valence-electron chi connectivity index (χ3n) is 7.83. The zero-order valence-corrected chi connectivity index (χ0v) is 20.8. The van der Waals surface area contributed by atoms with Gasteiger partial charge in [-0.05, 0) is 99.4 Å². The van der Waals surface area contributed by atoms with Crippen molar-refractivity contribution in [2.24, 2.45) is 11.8 Å². The van der Waals surface area contributed by atoms with Crippen molar-refractivity contribution >= 4 is 11.8 Å². The first kappa shape index (κ1) is 23.4. The standard InChI is InChI=1S/C30H34N2O3/c1-29(2,3)32(28(33)34)26-13-9-22(10-14-26)30(19-21-7-8-24(30)18-21)23-11-15-27(16-12-23)35-20-25-6-4-5-17-31-25/h4-6,9-17,21,24H,7-8,18-20H2,1-3H3,(H,33,34). The highest BCUT2D eigenvalue weighted by atomic mass is 16.5. The Morgan fingerprint density at radius 2 is 1.71 bits per heavy atom. The van der Waals surface area contributed by atoms with Gasteiger partial charge in [0, 0.05) is 22.8 Å². The molecule has 1 heterocycles. The molecule has 1 N–H and O–H groups in total. The monoisotopic (exact) mass is 470 g/mol. The predicted molar refractivity (Wildman–Crippen MR) is 138 cm³/mol. The summed E-state index contributed by atoms with van der Waals surface area (Å²) in [4.78, 5) is 17.7. The lowest BCUT2D eigenvalue weighted by Crippen LogP contribution is -2.45. The average molecular weight is 471 g/mol. The van der Waals surface area contributed by atoms with Crippen LogP contribution in [0.15, 0.2) is 72.9 Å². The minimum atomic E-state index is -0.929. The summed E-state index contributed by atoms with van der Waals surface area (Å²) in [5, 5.41) is 9.81.